The van der Waals surface area contributed by atoms with Crippen molar-refractivity contribution >= 4 is 21.6 Å². The predicted octanol–water partition coefficient (Wildman–Crippen LogP) is 3.80. The minimum Gasteiger partial charge on any atom is -0.454 e. The lowest BCUT2D eigenvalue weighted by Crippen LogP contribution is -2.26. The molecule has 0 aromatic heterocycles. The number of amides is 1. The van der Waals surface area contributed by atoms with Crippen molar-refractivity contribution in [1.82, 2.24) is 4.90 Å². The Kier molecular flexibility index (Phi) is 5.56. The lowest BCUT2D eigenvalue weighted by Gasteiger charge is -2.18. The van der Waals surface area contributed by atoms with Crippen molar-refractivity contribution in [2.75, 3.05) is 18.6 Å². The van der Waals surface area contributed by atoms with Gasteiger partial charge in [-0.15, -0.1) is 0 Å². The van der Waals surface area contributed by atoms with Crippen LogP contribution in [0.15, 0.2) is 71.6 Å². The van der Waals surface area contributed by atoms with E-state index in [1.807, 2.05) is 31.2 Å². The van der Waals surface area contributed by atoms with Crippen LogP contribution in [0.4, 0.5) is 5.69 Å². The fourth-order valence-corrected chi connectivity index (χ4v) is 4.34. The Labute approximate surface area is 181 Å². The molecule has 1 amide bonds. The second-order valence-electron chi connectivity index (χ2n) is 7.35. The lowest BCUT2D eigenvalue weighted by atomic mass is 10.1. The molecule has 0 saturated carbocycles. The predicted molar refractivity (Wildman–Crippen MR) is 117 cm³/mol. The molecule has 160 valence electrons. The van der Waals surface area contributed by atoms with Crippen LogP contribution >= 0.6 is 0 Å². The van der Waals surface area contributed by atoms with E-state index in [-0.39, 0.29) is 23.2 Å². The molecule has 0 unspecified atom stereocenters. The largest absolute Gasteiger partial charge is 0.454 e. The fraction of sp³-hybridized carbons (Fsp3) is 0.174. The number of hydrogen-bond donors (Lipinski definition) is 1. The smallest absolute Gasteiger partial charge is 0.261 e. The van der Waals surface area contributed by atoms with E-state index in [9.17, 15) is 13.2 Å². The van der Waals surface area contributed by atoms with Gasteiger partial charge in [0, 0.05) is 24.8 Å². The molecule has 3 aromatic carbocycles. The minimum absolute atomic E-state index is 0.0235. The van der Waals surface area contributed by atoms with Gasteiger partial charge in [0.2, 0.25) is 6.79 Å². The van der Waals surface area contributed by atoms with Gasteiger partial charge in [0.25, 0.3) is 15.9 Å². The Morgan fingerprint density at radius 1 is 1.00 bits per heavy atom. The number of anilines is 1. The van der Waals surface area contributed by atoms with Crippen molar-refractivity contribution < 1.29 is 22.7 Å². The monoisotopic (exact) mass is 438 g/mol. The summed E-state index contributed by atoms with van der Waals surface area (Å²) in [6.45, 7) is 2.45. The van der Waals surface area contributed by atoms with E-state index >= 15 is 0 Å². The van der Waals surface area contributed by atoms with Gasteiger partial charge < -0.3 is 14.4 Å². The van der Waals surface area contributed by atoms with Gasteiger partial charge in [0.1, 0.15) is 0 Å². The third-order valence-corrected chi connectivity index (χ3v) is 6.28. The summed E-state index contributed by atoms with van der Waals surface area (Å²) in [6, 6.07) is 18.5. The zero-order valence-corrected chi connectivity index (χ0v) is 18.0. The van der Waals surface area contributed by atoms with Crippen LogP contribution in [0, 0.1) is 6.92 Å². The van der Waals surface area contributed by atoms with E-state index in [0.29, 0.717) is 23.7 Å². The highest BCUT2D eigenvalue weighted by molar-refractivity contribution is 7.92. The average molecular weight is 439 g/mol. The summed E-state index contributed by atoms with van der Waals surface area (Å²) in [5.74, 6) is 1.04. The molecule has 0 aliphatic carbocycles. The third kappa shape index (κ3) is 4.64. The summed E-state index contributed by atoms with van der Waals surface area (Å²) in [5.41, 5.74) is 2.66. The summed E-state index contributed by atoms with van der Waals surface area (Å²) in [7, 11) is -2.16. The molecular weight excluding hydrogens is 416 g/mol. The Morgan fingerprint density at radius 2 is 1.74 bits per heavy atom. The summed E-state index contributed by atoms with van der Waals surface area (Å²) < 4.78 is 38.8. The number of benzene rings is 3. The summed E-state index contributed by atoms with van der Waals surface area (Å²) in [4.78, 5) is 14.5. The Hall–Kier alpha value is -3.52. The first-order valence-corrected chi connectivity index (χ1v) is 11.1. The van der Waals surface area contributed by atoms with Crippen molar-refractivity contribution in [1.29, 1.82) is 0 Å². The van der Waals surface area contributed by atoms with Crippen LogP contribution in [0.1, 0.15) is 21.5 Å². The normalized spacial score (nSPS) is 12.5. The number of sulfonamides is 1. The van der Waals surface area contributed by atoms with Crippen molar-refractivity contribution in [2.45, 2.75) is 18.4 Å². The number of hydrogen-bond acceptors (Lipinski definition) is 5. The molecule has 0 spiro atoms. The van der Waals surface area contributed by atoms with Gasteiger partial charge in [-0.3, -0.25) is 9.52 Å². The van der Waals surface area contributed by atoms with Gasteiger partial charge in [-0.2, -0.15) is 0 Å². The summed E-state index contributed by atoms with van der Waals surface area (Å²) >= 11 is 0. The number of carbonyl (C=O) groups is 1. The third-order valence-electron chi connectivity index (χ3n) is 4.90. The molecule has 1 aliphatic heterocycles. The van der Waals surface area contributed by atoms with Crippen LogP contribution in [0.5, 0.6) is 11.5 Å². The van der Waals surface area contributed by atoms with Gasteiger partial charge in [0.15, 0.2) is 11.5 Å². The first-order chi connectivity index (χ1) is 14.8. The molecule has 31 heavy (non-hydrogen) atoms. The van der Waals surface area contributed by atoms with Crippen molar-refractivity contribution in [3.8, 4) is 11.5 Å². The van der Waals surface area contributed by atoms with Crippen LogP contribution in [-0.2, 0) is 16.6 Å². The number of nitrogens with one attached hydrogen (secondary N) is 1. The quantitative estimate of drug-likeness (QED) is 0.633. The summed E-state index contributed by atoms with van der Waals surface area (Å²) in [5, 5.41) is 0. The van der Waals surface area contributed by atoms with Crippen LogP contribution in [0.25, 0.3) is 0 Å². The standard InChI is InChI=1S/C23H22N2O5S/c1-16-6-9-19(10-7-16)24-31(27,28)20-5-3-4-18(13-20)23(26)25(2)14-17-8-11-21-22(12-17)30-15-29-21/h3-13,24H,14-15H2,1-2H3. The van der Waals surface area contributed by atoms with Crippen LogP contribution in [0.2, 0.25) is 0 Å². The van der Waals surface area contributed by atoms with E-state index < -0.39 is 10.0 Å². The van der Waals surface area contributed by atoms with Gasteiger partial charge in [0.05, 0.1) is 4.90 Å². The topological polar surface area (TPSA) is 84.9 Å². The highest BCUT2D eigenvalue weighted by Gasteiger charge is 2.19. The van der Waals surface area contributed by atoms with Crippen LogP contribution in [-0.4, -0.2) is 33.1 Å². The SMILES string of the molecule is Cc1ccc(NS(=O)(=O)c2cccc(C(=O)N(C)Cc3ccc4c(c3)OCO4)c2)cc1. The number of aryl methyl sites for hydroxylation is 1. The molecule has 1 heterocycles. The average Bonchev–Trinajstić information content (AvgIpc) is 3.22. The maximum absolute atomic E-state index is 12.9. The van der Waals surface area contributed by atoms with Gasteiger partial charge >= 0.3 is 0 Å². The van der Waals surface area contributed by atoms with E-state index in [1.54, 1.807) is 37.4 Å². The molecule has 0 saturated heterocycles. The number of ether oxygens (including phenoxy) is 2. The number of carbonyl (C=O) groups excluding carboxylic acids is 1. The molecule has 7 nitrogen and oxygen atoms in total. The number of rotatable bonds is 6. The van der Waals surface area contributed by atoms with Crippen molar-refractivity contribution in [3.05, 3.63) is 83.4 Å². The van der Waals surface area contributed by atoms with Gasteiger partial charge in [-0.05, 0) is 55.0 Å². The molecule has 4 rings (SSSR count). The Bertz CT molecular complexity index is 1220. The van der Waals surface area contributed by atoms with Crippen LogP contribution in [0.3, 0.4) is 0 Å². The lowest BCUT2D eigenvalue weighted by molar-refractivity contribution is 0.0784. The second kappa shape index (κ2) is 8.31. The Morgan fingerprint density at radius 3 is 2.52 bits per heavy atom. The minimum atomic E-state index is -3.82. The first kappa shape index (κ1) is 20.7. The zero-order chi connectivity index (χ0) is 22.0. The van der Waals surface area contributed by atoms with E-state index in [2.05, 4.69) is 4.72 Å². The van der Waals surface area contributed by atoms with Gasteiger partial charge in [-0.1, -0.05) is 29.8 Å². The highest BCUT2D eigenvalue weighted by Crippen LogP contribution is 2.32. The van der Waals surface area contributed by atoms with E-state index in [1.165, 1.54) is 17.0 Å². The molecule has 8 heteroatoms. The Balaban J connectivity index is 1.50. The molecule has 1 aliphatic rings. The molecule has 3 aromatic rings. The van der Waals surface area contributed by atoms with E-state index in [4.69, 9.17) is 9.47 Å². The number of fused-ring (bicyclic) bond motifs is 1. The summed E-state index contributed by atoms with van der Waals surface area (Å²) in [6.07, 6.45) is 0. The molecular formula is C23H22N2O5S. The highest BCUT2D eigenvalue weighted by atomic mass is 32.2. The molecule has 1 N–H and O–H groups in total. The second-order valence-corrected chi connectivity index (χ2v) is 9.03. The van der Waals surface area contributed by atoms with Crippen LogP contribution < -0.4 is 14.2 Å². The first-order valence-electron chi connectivity index (χ1n) is 9.65. The number of nitrogens with zero attached hydrogens (tertiary/aromatic N) is 1. The maximum atomic E-state index is 12.9. The van der Waals surface area contributed by atoms with Crippen molar-refractivity contribution in [3.63, 3.8) is 0 Å². The molecule has 0 bridgehead atoms. The zero-order valence-electron chi connectivity index (χ0n) is 17.2. The molecule has 0 fully saturated rings. The molecule has 0 radical (unpaired) electrons. The maximum Gasteiger partial charge on any atom is 0.261 e. The molecule has 0 atom stereocenters. The van der Waals surface area contributed by atoms with Crippen molar-refractivity contribution in [2.24, 2.45) is 0 Å². The fourth-order valence-electron chi connectivity index (χ4n) is 3.24. The van der Waals surface area contributed by atoms with E-state index in [0.717, 1.165) is 11.1 Å². The van der Waals surface area contributed by atoms with Gasteiger partial charge in [-0.25, -0.2) is 8.42 Å².